The monoisotopic (exact) mass is 372 g/mol. The van der Waals surface area contributed by atoms with Crippen LogP contribution in [-0.2, 0) is 6.42 Å². The summed E-state index contributed by atoms with van der Waals surface area (Å²) in [4.78, 5) is 14.5. The summed E-state index contributed by atoms with van der Waals surface area (Å²) in [6, 6.07) is 16.1. The maximum Gasteiger partial charge on any atom is 0.251 e. The van der Waals surface area contributed by atoms with E-state index in [4.69, 9.17) is 0 Å². The van der Waals surface area contributed by atoms with Gasteiger partial charge in [0.15, 0.2) is 0 Å². The van der Waals surface area contributed by atoms with E-state index in [1.54, 1.807) is 0 Å². The zero-order chi connectivity index (χ0) is 16.1. The molecule has 2 aromatic carbocycles. The first-order chi connectivity index (χ1) is 11.2. The summed E-state index contributed by atoms with van der Waals surface area (Å²) in [6.07, 6.45) is 3.44. The number of benzene rings is 2. The van der Waals surface area contributed by atoms with Crippen molar-refractivity contribution >= 4 is 27.5 Å². The van der Waals surface area contributed by atoms with Gasteiger partial charge in [0.25, 0.3) is 5.91 Å². The van der Waals surface area contributed by atoms with E-state index >= 15 is 0 Å². The van der Waals surface area contributed by atoms with Crippen LogP contribution in [0.25, 0.3) is 0 Å². The van der Waals surface area contributed by atoms with Crippen LogP contribution in [0.1, 0.15) is 28.8 Å². The number of nitrogens with zero attached hydrogens (tertiary/aromatic N) is 1. The van der Waals surface area contributed by atoms with E-state index in [1.807, 2.05) is 24.3 Å². The molecule has 4 heteroatoms. The average molecular weight is 373 g/mol. The summed E-state index contributed by atoms with van der Waals surface area (Å²) in [5.74, 6) is -0.0220. The van der Waals surface area contributed by atoms with E-state index in [0.717, 1.165) is 10.9 Å². The summed E-state index contributed by atoms with van der Waals surface area (Å²) < 4.78 is 0.979. The van der Waals surface area contributed by atoms with Crippen molar-refractivity contribution in [3.8, 4) is 0 Å². The Kier molecular flexibility index (Phi) is 5.34. The lowest BCUT2D eigenvalue weighted by atomic mass is 10.1. The number of carbonyl (C=O) groups is 1. The average Bonchev–Trinajstić information content (AvgIpc) is 3.10. The third-order valence-electron chi connectivity index (χ3n) is 4.21. The molecule has 2 aromatic rings. The molecule has 1 aliphatic rings. The van der Waals surface area contributed by atoms with Gasteiger partial charge < -0.3 is 10.2 Å². The summed E-state index contributed by atoms with van der Waals surface area (Å²) in [7, 11) is 0. The first-order valence-electron chi connectivity index (χ1n) is 8.10. The second-order valence-corrected chi connectivity index (χ2v) is 6.79. The van der Waals surface area contributed by atoms with Gasteiger partial charge >= 0.3 is 0 Å². The van der Waals surface area contributed by atoms with E-state index in [-0.39, 0.29) is 5.91 Å². The van der Waals surface area contributed by atoms with Crippen LogP contribution in [0.5, 0.6) is 0 Å². The topological polar surface area (TPSA) is 32.3 Å². The highest BCUT2D eigenvalue weighted by atomic mass is 79.9. The molecule has 3 nitrogen and oxygen atoms in total. The predicted octanol–water partition coefficient (Wildman–Crippen LogP) is 4.02. The highest BCUT2D eigenvalue weighted by molar-refractivity contribution is 9.10. The van der Waals surface area contributed by atoms with Gasteiger partial charge in [0.2, 0.25) is 0 Å². The van der Waals surface area contributed by atoms with Crippen LogP contribution in [0, 0.1) is 0 Å². The molecule has 3 rings (SSSR count). The van der Waals surface area contributed by atoms with Gasteiger partial charge in [-0.05, 0) is 61.2 Å². The zero-order valence-electron chi connectivity index (χ0n) is 13.1. The van der Waals surface area contributed by atoms with Crippen LogP contribution in [0.15, 0.2) is 53.0 Å². The Morgan fingerprint density at radius 1 is 1.00 bits per heavy atom. The number of nitrogens with one attached hydrogen (secondary N) is 1. The molecule has 0 aromatic heterocycles. The quantitative estimate of drug-likeness (QED) is 0.859. The van der Waals surface area contributed by atoms with Gasteiger partial charge in [-0.3, -0.25) is 4.79 Å². The largest absolute Gasteiger partial charge is 0.372 e. The van der Waals surface area contributed by atoms with Crippen LogP contribution in [0.4, 0.5) is 5.69 Å². The number of halogens is 1. The van der Waals surface area contributed by atoms with E-state index in [2.05, 4.69) is 50.4 Å². The summed E-state index contributed by atoms with van der Waals surface area (Å²) in [5, 5.41) is 2.97. The molecule has 1 aliphatic heterocycles. The van der Waals surface area contributed by atoms with Crippen LogP contribution >= 0.6 is 15.9 Å². The molecule has 0 aliphatic carbocycles. The Balaban J connectivity index is 1.48. The Morgan fingerprint density at radius 2 is 1.65 bits per heavy atom. The highest BCUT2D eigenvalue weighted by Crippen LogP contribution is 2.20. The minimum absolute atomic E-state index is 0.0220. The number of hydrogen-bond donors (Lipinski definition) is 1. The number of rotatable bonds is 5. The molecular formula is C19H21BrN2O. The SMILES string of the molecule is O=C(NCCc1ccc(N2CCCC2)cc1)c1ccc(Br)cc1. The molecule has 1 heterocycles. The molecular weight excluding hydrogens is 352 g/mol. The predicted molar refractivity (Wildman–Crippen MR) is 98.1 cm³/mol. The lowest BCUT2D eigenvalue weighted by molar-refractivity contribution is 0.0954. The molecule has 23 heavy (non-hydrogen) atoms. The van der Waals surface area contributed by atoms with E-state index in [1.165, 1.54) is 37.2 Å². The number of carbonyl (C=O) groups excluding carboxylic acids is 1. The molecule has 120 valence electrons. The Morgan fingerprint density at radius 3 is 2.30 bits per heavy atom. The smallest absolute Gasteiger partial charge is 0.251 e. The number of hydrogen-bond acceptors (Lipinski definition) is 2. The molecule has 1 amide bonds. The second-order valence-electron chi connectivity index (χ2n) is 5.87. The van der Waals surface area contributed by atoms with E-state index in [9.17, 15) is 4.79 Å². The van der Waals surface area contributed by atoms with Gasteiger partial charge in [-0.2, -0.15) is 0 Å². The van der Waals surface area contributed by atoms with Gasteiger partial charge in [-0.15, -0.1) is 0 Å². The fraction of sp³-hybridized carbons (Fsp3) is 0.316. The molecule has 0 atom stereocenters. The maximum absolute atomic E-state index is 12.0. The van der Waals surface area contributed by atoms with Gasteiger partial charge in [-0.1, -0.05) is 28.1 Å². The van der Waals surface area contributed by atoms with Crippen molar-refractivity contribution in [2.45, 2.75) is 19.3 Å². The minimum atomic E-state index is -0.0220. The number of anilines is 1. The molecule has 0 unspecified atom stereocenters. The van der Waals surface area contributed by atoms with Crippen molar-refractivity contribution in [2.24, 2.45) is 0 Å². The van der Waals surface area contributed by atoms with E-state index < -0.39 is 0 Å². The summed E-state index contributed by atoms with van der Waals surface area (Å²) in [5.41, 5.74) is 3.26. The Hall–Kier alpha value is -1.81. The standard InChI is InChI=1S/C19H21BrN2O/c20-17-7-5-16(6-8-17)19(23)21-12-11-15-3-9-18(10-4-15)22-13-1-2-14-22/h3-10H,1-2,11-14H2,(H,21,23). The zero-order valence-corrected chi connectivity index (χ0v) is 14.7. The van der Waals surface area contributed by atoms with Gasteiger partial charge in [-0.25, -0.2) is 0 Å². The minimum Gasteiger partial charge on any atom is -0.372 e. The molecule has 1 saturated heterocycles. The number of amides is 1. The molecule has 1 fully saturated rings. The van der Waals surface area contributed by atoms with Crippen molar-refractivity contribution in [1.29, 1.82) is 0 Å². The van der Waals surface area contributed by atoms with Crippen molar-refractivity contribution in [2.75, 3.05) is 24.5 Å². The third kappa shape index (κ3) is 4.35. The molecule has 0 bridgehead atoms. The van der Waals surface area contributed by atoms with Gasteiger partial charge in [0, 0.05) is 35.4 Å². The second kappa shape index (κ2) is 7.64. The fourth-order valence-electron chi connectivity index (χ4n) is 2.87. The first-order valence-corrected chi connectivity index (χ1v) is 8.89. The van der Waals surface area contributed by atoms with Crippen LogP contribution < -0.4 is 10.2 Å². The lowest BCUT2D eigenvalue weighted by Crippen LogP contribution is -2.25. The van der Waals surface area contributed by atoms with Crippen molar-refractivity contribution in [1.82, 2.24) is 5.32 Å². The molecule has 0 saturated carbocycles. The maximum atomic E-state index is 12.0. The first kappa shape index (κ1) is 16.1. The van der Waals surface area contributed by atoms with E-state index in [0.29, 0.717) is 12.1 Å². The van der Waals surface area contributed by atoms with Crippen molar-refractivity contribution in [3.63, 3.8) is 0 Å². The van der Waals surface area contributed by atoms with Crippen LogP contribution in [0.2, 0.25) is 0 Å². The van der Waals surface area contributed by atoms with Crippen molar-refractivity contribution < 1.29 is 4.79 Å². The Labute approximate surface area is 145 Å². The normalized spacial score (nSPS) is 14.0. The molecule has 0 spiro atoms. The fourth-order valence-corrected chi connectivity index (χ4v) is 3.14. The van der Waals surface area contributed by atoms with Crippen LogP contribution in [0.3, 0.4) is 0 Å². The summed E-state index contributed by atoms with van der Waals surface area (Å²) >= 11 is 3.37. The lowest BCUT2D eigenvalue weighted by Gasteiger charge is -2.17. The van der Waals surface area contributed by atoms with Crippen LogP contribution in [-0.4, -0.2) is 25.5 Å². The van der Waals surface area contributed by atoms with Gasteiger partial charge in [0.05, 0.1) is 0 Å². The molecule has 1 N–H and O–H groups in total. The molecule has 0 radical (unpaired) electrons. The van der Waals surface area contributed by atoms with Gasteiger partial charge in [0.1, 0.15) is 0 Å². The summed E-state index contributed by atoms with van der Waals surface area (Å²) in [6.45, 7) is 2.99. The van der Waals surface area contributed by atoms with Crippen molar-refractivity contribution in [3.05, 3.63) is 64.1 Å². The highest BCUT2D eigenvalue weighted by Gasteiger charge is 2.11. The third-order valence-corrected chi connectivity index (χ3v) is 4.74. The Bertz CT molecular complexity index is 646.